The van der Waals surface area contributed by atoms with Crippen molar-refractivity contribution < 1.29 is 18.0 Å². The fourth-order valence-corrected chi connectivity index (χ4v) is 1.98. The van der Waals surface area contributed by atoms with Crippen LogP contribution in [0.1, 0.15) is 10.4 Å². The first-order chi connectivity index (χ1) is 8.45. The molecular formula is C11H10BrClF3NO. The van der Waals surface area contributed by atoms with Gasteiger partial charge in [-0.3, -0.25) is 4.79 Å². The predicted octanol–water partition coefficient (Wildman–Crippen LogP) is 3.58. The van der Waals surface area contributed by atoms with Crippen molar-refractivity contribution in [2.24, 2.45) is 0 Å². The third kappa shape index (κ3) is 4.17. The third-order valence-electron chi connectivity index (χ3n) is 2.16. The molecule has 0 spiro atoms. The molecule has 0 aliphatic rings. The van der Waals surface area contributed by atoms with Crippen molar-refractivity contribution in [1.82, 2.24) is 4.90 Å². The summed E-state index contributed by atoms with van der Waals surface area (Å²) in [6.07, 6.45) is -2.67. The van der Waals surface area contributed by atoms with E-state index in [1.54, 1.807) is 0 Å². The standard InChI is InChI=1S/C11H10BrClF3NO/c12-3-4-17(6-10(15)16)11(18)8-5-7(13)1-2-9(8)14/h1-2,5,10H,3-4,6H2. The number of halogens is 5. The molecule has 1 aromatic carbocycles. The number of nitrogens with zero attached hydrogens (tertiary/aromatic N) is 1. The van der Waals surface area contributed by atoms with Gasteiger partial charge in [-0.2, -0.15) is 0 Å². The van der Waals surface area contributed by atoms with Gasteiger partial charge >= 0.3 is 0 Å². The van der Waals surface area contributed by atoms with E-state index in [4.69, 9.17) is 11.6 Å². The van der Waals surface area contributed by atoms with Gasteiger partial charge in [-0.05, 0) is 18.2 Å². The van der Waals surface area contributed by atoms with Crippen molar-refractivity contribution >= 4 is 33.4 Å². The van der Waals surface area contributed by atoms with E-state index in [0.717, 1.165) is 17.0 Å². The molecule has 1 rings (SSSR count). The normalized spacial score (nSPS) is 10.8. The first kappa shape index (κ1) is 15.3. The molecule has 7 heteroatoms. The number of rotatable bonds is 5. The summed E-state index contributed by atoms with van der Waals surface area (Å²) in [5, 5.41) is 0.503. The number of carbonyl (C=O) groups is 1. The predicted molar refractivity (Wildman–Crippen MR) is 67.1 cm³/mol. The van der Waals surface area contributed by atoms with Gasteiger partial charge in [-0.25, -0.2) is 13.2 Å². The molecule has 100 valence electrons. The van der Waals surface area contributed by atoms with Crippen molar-refractivity contribution in [3.63, 3.8) is 0 Å². The molecule has 0 aliphatic carbocycles. The molecule has 0 radical (unpaired) electrons. The van der Waals surface area contributed by atoms with Crippen molar-refractivity contribution in [1.29, 1.82) is 0 Å². The van der Waals surface area contributed by atoms with E-state index in [-0.39, 0.29) is 17.1 Å². The van der Waals surface area contributed by atoms with Crippen LogP contribution in [0.4, 0.5) is 13.2 Å². The van der Waals surface area contributed by atoms with E-state index < -0.39 is 24.7 Å². The van der Waals surface area contributed by atoms with Crippen LogP contribution in [0.2, 0.25) is 5.02 Å². The molecule has 18 heavy (non-hydrogen) atoms. The van der Waals surface area contributed by atoms with Gasteiger partial charge in [0.1, 0.15) is 5.82 Å². The summed E-state index contributed by atoms with van der Waals surface area (Å²) in [7, 11) is 0. The van der Waals surface area contributed by atoms with Crippen LogP contribution in [0.15, 0.2) is 18.2 Å². The number of alkyl halides is 3. The molecule has 0 unspecified atom stereocenters. The number of amides is 1. The van der Waals surface area contributed by atoms with Crippen LogP contribution in [0.3, 0.4) is 0 Å². The van der Waals surface area contributed by atoms with Gasteiger partial charge in [-0.15, -0.1) is 0 Å². The van der Waals surface area contributed by atoms with Crippen LogP contribution in [-0.4, -0.2) is 35.7 Å². The van der Waals surface area contributed by atoms with Gasteiger partial charge in [0.25, 0.3) is 12.3 Å². The Morgan fingerprint density at radius 1 is 1.44 bits per heavy atom. The Morgan fingerprint density at radius 2 is 2.11 bits per heavy atom. The minimum atomic E-state index is -2.67. The summed E-state index contributed by atoms with van der Waals surface area (Å²) in [5.41, 5.74) is -0.302. The highest BCUT2D eigenvalue weighted by atomic mass is 79.9. The topological polar surface area (TPSA) is 20.3 Å². The Hall–Kier alpha value is -0.750. The zero-order valence-electron chi connectivity index (χ0n) is 9.18. The zero-order chi connectivity index (χ0) is 13.7. The van der Waals surface area contributed by atoms with Crippen LogP contribution in [0.5, 0.6) is 0 Å². The summed E-state index contributed by atoms with van der Waals surface area (Å²) in [4.78, 5) is 12.8. The molecule has 0 heterocycles. The van der Waals surface area contributed by atoms with E-state index >= 15 is 0 Å². The maximum absolute atomic E-state index is 13.5. The Bertz CT molecular complexity index is 431. The van der Waals surface area contributed by atoms with Crippen molar-refractivity contribution in [2.75, 3.05) is 18.4 Å². The number of hydrogen-bond donors (Lipinski definition) is 0. The highest BCUT2D eigenvalue weighted by molar-refractivity contribution is 9.09. The molecule has 0 atom stereocenters. The molecular weight excluding hydrogens is 334 g/mol. The smallest absolute Gasteiger partial charge is 0.257 e. The second-order valence-corrected chi connectivity index (χ2v) is 4.68. The Kier molecular flexibility index (Phi) is 5.95. The van der Waals surface area contributed by atoms with E-state index in [1.807, 2.05) is 0 Å². The monoisotopic (exact) mass is 343 g/mol. The van der Waals surface area contributed by atoms with E-state index in [9.17, 15) is 18.0 Å². The minimum absolute atomic E-state index is 0.0646. The Balaban J connectivity index is 2.97. The Morgan fingerprint density at radius 3 is 2.67 bits per heavy atom. The minimum Gasteiger partial charge on any atom is -0.332 e. The average molecular weight is 345 g/mol. The molecule has 1 aromatic rings. The van der Waals surface area contributed by atoms with Gasteiger partial charge < -0.3 is 4.90 Å². The summed E-state index contributed by atoms with van der Waals surface area (Å²) in [5.74, 6) is -1.58. The molecule has 0 bridgehead atoms. The number of carbonyl (C=O) groups excluding carboxylic acids is 1. The lowest BCUT2D eigenvalue weighted by atomic mass is 10.2. The fourth-order valence-electron chi connectivity index (χ4n) is 1.38. The van der Waals surface area contributed by atoms with Crippen LogP contribution >= 0.6 is 27.5 Å². The van der Waals surface area contributed by atoms with Crippen molar-refractivity contribution in [3.8, 4) is 0 Å². The largest absolute Gasteiger partial charge is 0.332 e. The first-order valence-corrected chi connectivity index (χ1v) is 6.54. The van der Waals surface area contributed by atoms with Gasteiger partial charge in [0, 0.05) is 16.9 Å². The maximum Gasteiger partial charge on any atom is 0.257 e. The number of hydrogen-bond acceptors (Lipinski definition) is 1. The summed E-state index contributed by atoms with van der Waals surface area (Å²) in [6, 6.07) is 3.45. The quantitative estimate of drug-likeness (QED) is 0.748. The molecule has 2 nitrogen and oxygen atoms in total. The van der Waals surface area contributed by atoms with Crippen LogP contribution in [0.25, 0.3) is 0 Å². The van der Waals surface area contributed by atoms with Crippen LogP contribution in [0, 0.1) is 5.82 Å². The molecule has 0 N–H and O–H groups in total. The maximum atomic E-state index is 13.5. The van der Waals surface area contributed by atoms with Crippen molar-refractivity contribution in [3.05, 3.63) is 34.6 Å². The molecule has 0 aliphatic heterocycles. The first-order valence-electron chi connectivity index (χ1n) is 5.04. The second-order valence-electron chi connectivity index (χ2n) is 3.46. The third-order valence-corrected chi connectivity index (χ3v) is 2.75. The lowest BCUT2D eigenvalue weighted by Crippen LogP contribution is -2.37. The van der Waals surface area contributed by atoms with Gasteiger partial charge in [0.2, 0.25) is 0 Å². The molecule has 0 fully saturated rings. The molecule has 0 aromatic heterocycles. The van der Waals surface area contributed by atoms with Gasteiger partial charge in [-0.1, -0.05) is 27.5 Å². The highest BCUT2D eigenvalue weighted by Crippen LogP contribution is 2.17. The summed E-state index contributed by atoms with van der Waals surface area (Å²) < 4.78 is 38.1. The summed E-state index contributed by atoms with van der Waals surface area (Å²) >= 11 is 8.71. The molecule has 0 saturated heterocycles. The highest BCUT2D eigenvalue weighted by Gasteiger charge is 2.22. The number of benzene rings is 1. The fraction of sp³-hybridized carbons (Fsp3) is 0.364. The van der Waals surface area contributed by atoms with E-state index in [2.05, 4.69) is 15.9 Å². The molecule has 0 saturated carbocycles. The van der Waals surface area contributed by atoms with Gasteiger partial charge in [0.15, 0.2) is 0 Å². The average Bonchev–Trinajstić information content (AvgIpc) is 2.30. The van der Waals surface area contributed by atoms with E-state index in [1.165, 1.54) is 6.07 Å². The van der Waals surface area contributed by atoms with Crippen molar-refractivity contribution in [2.45, 2.75) is 6.43 Å². The van der Waals surface area contributed by atoms with E-state index in [0.29, 0.717) is 5.33 Å². The zero-order valence-corrected chi connectivity index (χ0v) is 11.5. The van der Waals surface area contributed by atoms with Gasteiger partial charge in [0.05, 0.1) is 12.1 Å². The summed E-state index contributed by atoms with van der Waals surface area (Å²) in [6.45, 7) is -0.675. The lowest BCUT2D eigenvalue weighted by Gasteiger charge is -2.21. The Labute approximate surface area is 116 Å². The molecule has 1 amide bonds. The van der Waals surface area contributed by atoms with Crippen LogP contribution in [-0.2, 0) is 0 Å². The van der Waals surface area contributed by atoms with Crippen LogP contribution < -0.4 is 0 Å². The second kappa shape index (κ2) is 6.99. The lowest BCUT2D eigenvalue weighted by molar-refractivity contribution is 0.0568. The SMILES string of the molecule is O=C(c1cc(Cl)ccc1F)N(CCBr)CC(F)F.